The quantitative estimate of drug-likeness (QED) is 0.811. The van der Waals surface area contributed by atoms with E-state index in [2.05, 4.69) is 4.72 Å². The molecule has 0 atom stereocenters. The van der Waals surface area contributed by atoms with E-state index in [1.54, 1.807) is 12.1 Å². The minimum atomic E-state index is -3.19. The summed E-state index contributed by atoms with van der Waals surface area (Å²) in [7, 11) is -3.19. The summed E-state index contributed by atoms with van der Waals surface area (Å²) in [6.07, 6.45) is 3.14. The molecule has 17 heavy (non-hydrogen) atoms. The molecular formula is C12H18N2O2S. The van der Waals surface area contributed by atoms with E-state index < -0.39 is 10.0 Å². The normalized spacial score (nSPS) is 15.8. The molecule has 94 valence electrons. The van der Waals surface area contributed by atoms with Crippen molar-refractivity contribution < 1.29 is 8.42 Å². The Hall–Kier alpha value is -1.07. The molecule has 1 aliphatic carbocycles. The molecule has 5 heteroatoms. The Morgan fingerprint density at radius 1 is 1.24 bits per heavy atom. The second-order valence-corrected chi connectivity index (χ2v) is 6.40. The topological polar surface area (TPSA) is 72.2 Å². The second kappa shape index (κ2) is 5.06. The van der Waals surface area contributed by atoms with Gasteiger partial charge in [-0.15, -0.1) is 0 Å². The zero-order valence-electron chi connectivity index (χ0n) is 9.72. The molecule has 0 heterocycles. The Balaban J connectivity index is 1.92. The summed E-state index contributed by atoms with van der Waals surface area (Å²) >= 11 is 0. The summed E-state index contributed by atoms with van der Waals surface area (Å²) in [5.41, 5.74) is 7.08. The predicted molar refractivity (Wildman–Crippen MR) is 69.1 cm³/mol. The molecule has 0 unspecified atom stereocenters. The lowest BCUT2D eigenvalue weighted by Gasteiger charge is -2.08. The lowest BCUT2D eigenvalue weighted by Crippen LogP contribution is -2.17. The van der Waals surface area contributed by atoms with Crippen LogP contribution in [-0.2, 0) is 16.6 Å². The molecule has 0 amide bonds. The molecule has 0 aliphatic heterocycles. The van der Waals surface area contributed by atoms with Crippen molar-refractivity contribution in [3.63, 3.8) is 0 Å². The molecule has 0 saturated heterocycles. The summed E-state index contributed by atoms with van der Waals surface area (Å²) in [4.78, 5) is 0. The first-order chi connectivity index (χ1) is 8.09. The number of hydrogen-bond acceptors (Lipinski definition) is 3. The van der Waals surface area contributed by atoms with Gasteiger partial charge in [0.15, 0.2) is 0 Å². The molecule has 2 rings (SSSR count). The van der Waals surface area contributed by atoms with Gasteiger partial charge in [0.2, 0.25) is 10.0 Å². The van der Waals surface area contributed by atoms with Crippen LogP contribution in [0, 0.1) is 5.92 Å². The summed E-state index contributed by atoms with van der Waals surface area (Å²) in [5.74, 6) is 0.849. The van der Waals surface area contributed by atoms with Gasteiger partial charge in [0.05, 0.1) is 5.75 Å². The van der Waals surface area contributed by atoms with Crippen molar-refractivity contribution in [3.8, 4) is 0 Å². The van der Waals surface area contributed by atoms with Gasteiger partial charge in [-0.25, -0.2) is 8.42 Å². The van der Waals surface area contributed by atoms with Gasteiger partial charge in [-0.3, -0.25) is 4.72 Å². The highest BCUT2D eigenvalue weighted by atomic mass is 32.2. The van der Waals surface area contributed by atoms with Crippen molar-refractivity contribution in [2.75, 3.05) is 10.5 Å². The average Bonchev–Trinajstić information content (AvgIpc) is 3.11. The molecule has 0 bridgehead atoms. The molecule has 1 aliphatic rings. The first-order valence-electron chi connectivity index (χ1n) is 5.88. The molecular weight excluding hydrogens is 236 g/mol. The van der Waals surface area contributed by atoms with Gasteiger partial charge >= 0.3 is 0 Å². The van der Waals surface area contributed by atoms with Crippen molar-refractivity contribution in [1.82, 2.24) is 0 Å². The molecule has 3 N–H and O–H groups in total. The lowest BCUT2D eigenvalue weighted by atomic mass is 10.2. The van der Waals surface area contributed by atoms with Gasteiger partial charge in [0.1, 0.15) is 0 Å². The van der Waals surface area contributed by atoms with Crippen LogP contribution in [0.4, 0.5) is 5.69 Å². The van der Waals surface area contributed by atoms with Crippen molar-refractivity contribution in [2.24, 2.45) is 11.7 Å². The van der Waals surface area contributed by atoms with E-state index in [-0.39, 0.29) is 5.75 Å². The second-order valence-electron chi connectivity index (χ2n) is 4.55. The molecule has 0 radical (unpaired) electrons. The zero-order chi connectivity index (χ0) is 12.3. The van der Waals surface area contributed by atoms with Crippen molar-refractivity contribution in [1.29, 1.82) is 0 Å². The van der Waals surface area contributed by atoms with E-state index in [0.29, 0.717) is 18.2 Å². The third-order valence-corrected chi connectivity index (χ3v) is 4.27. The minimum absolute atomic E-state index is 0.219. The van der Waals surface area contributed by atoms with Crippen LogP contribution in [0.5, 0.6) is 0 Å². The van der Waals surface area contributed by atoms with Crippen LogP contribution in [0.2, 0.25) is 0 Å². The monoisotopic (exact) mass is 254 g/mol. The van der Waals surface area contributed by atoms with E-state index in [0.717, 1.165) is 12.0 Å². The fourth-order valence-electron chi connectivity index (χ4n) is 1.67. The highest BCUT2D eigenvalue weighted by Crippen LogP contribution is 2.32. The molecule has 0 aromatic heterocycles. The highest BCUT2D eigenvalue weighted by molar-refractivity contribution is 7.92. The van der Waals surface area contributed by atoms with E-state index in [9.17, 15) is 8.42 Å². The van der Waals surface area contributed by atoms with Crippen molar-refractivity contribution in [3.05, 3.63) is 29.8 Å². The molecule has 1 fully saturated rings. The maximum absolute atomic E-state index is 11.8. The Morgan fingerprint density at radius 3 is 2.41 bits per heavy atom. The van der Waals surface area contributed by atoms with Crippen LogP contribution in [0.1, 0.15) is 24.8 Å². The summed E-state index contributed by atoms with van der Waals surface area (Å²) in [6, 6.07) is 7.16. The van der Waals surface area contributed by atoms with Gasteiger partial charge in [0, 0.05) is 12.2 Å². The molecule has 4 nitrogen and oxygen atoms in total. The van der Waals surface area contributed by atoms with Gasteiger partial charge < -0.3 is 5.73 Å². The number of benzene rings is 1. The van der Waals surface area contributed by atoms with Crippen LogP contribution in [-0.4, -0.2) is 14.2 Å². The first-order valence-corrected chi connectivity index (χ1v) is 7.54. The average molecular weight is 254 g/mol. The fourth-order valence-corrected chi connectivity index (χ4v) is 2.91. The Morgan fingerprint density at radius 2 is 1.88 bits per heavy atom. The SMILES string of the molecule is NCc1ccc(NS(=O)(=O)CCC2CC2)cc1. The standard InChI is InChI=1S/C12H18N2O2S/c13-9-11-3-5-12(6-4-11)14-17(15,16)8-7-10-1-2-10/h3-6,10,14H,1-2,7-9,13H2. The van der Waals surface area contributed by atoms with Crippen molar-refractivity contribution >= 4 is 15.7 Å². The predicted octanol–water partition coefficient (Wildman–Crippen LogP) is 1.69. The smallest absolute Gasteiger partial charge is 0.232 e. The van der Waals surface area contributed by atoms with Crippen LogP contribution >= 0.6 is 0 Å². The zero-order valence-corrected chi connectivity index (χ0v) is 10.5. The number of nitrogens with one attached hydrogen (secondary N) is 1. The largest absolute Gasteiger partial charge is 0.326 e. The fraction of sp³-hybridized carbons (Fsp3) is 0.500. The van der Waals surface area contributed by atoms with Crippen molar-refractivity contribution in [2.45, 2.75) is 25.8 Å². The minimum Gasteiger partial charge on any atom is -0.326 e. The Labute approximate surface area is 102 Å². The number of nitrogens with two attached hydrogens (primary N) is 1. The number of hydrogen-bond donors (Lipinski definition) is 2. The summed E-state index contributed by atoms with van der Waals surface area (Å²) in [5, 5.41) is 0. The number of sulfonamides is 1. The van der Waals surface area contributed by atoms with Gasteiger partial charge in [-0.1, -0.05) is 25.0 Å². The molecule has 1 aromatic rings. The molecule has 0 spiro atoms. The highest BCUT2D eigenvalue weighted by Gasteiger charge is 2.23. The maximum Gasteiger partial charge on any atom is 0.232 e. The maximum atomic E-state index is 11.8. The van der Waals surface area contributed by atoms with Gasteiger partial charge in [-0.2, -0.15) is 0 Å². The third-order valence-electron chi connectivity index (χ3n) is 2.95. The molecule has 1 saturated carbocycles. The molecule has 1 aromatic carbocycles. The van der Waals surface area contributed by atoms with Crippen LogP contribution in [0.3, 0.4) is 0 Å². The lowest BCUT2D eigenvalue weighted by molar-refractivity contribution is 0.595. The summed E-state index contributed by atoms with van der Waals surface area (Å²) < 4.78 is 26.1. The van der Waals surface area contributed by atoms with Gasteiger partial charge in [-0.05, 0) is 30.0 Å². The van der Waals surface area contributed by atoms with E-state index in [1.807, 2.05) is 12.1 Å². The van der Waals surface area contributed by atoms with Crippen LogP contribution in [0.25, 0.3) is 0 Å². The van der Waals surface area contributed by atoms with Gasteiger partial charge in [0.25, 0.3) is 0 Å². The van der Waals surface area contributed by atoms with E-state index in [1.165, 1.54) is 12.8 Å². The summed E-state index contributed by atoms with van der Waals surface area (Å²) in [6.45, 7) is 0.467. The Kier molecular flexibility index (Phi) is 3.69. The first kappa shape index (κ1) is 12.4. The van der Waals surface area contributed by atoms with Crippen LogP contribution in [0.15, 0.2) is 24.3 Å². The number of rotatable bonds is 6. The van der Waals surface area contributed by atoms with E-state index in [4.69, 9.17) is 5.73 Å². The van der Waals surface area contributed by atoms with Crippen LogP contribution < -0.4 is 10.5 Å². The number of anilines is 1. The Bertz CT molecular complexity index is 464. The third kappa shape index (κ3) is 4.02. The van der Waals surface area contributed by atoms with E-state index >= 15 is 0 Å².